The molecule has 6 N–H and O–H groups in total. The fraction of sp³-hybridized carbons (Fsp3) is 0.630. The lowest BCUT2D eigenvalue weighted by atomic mass is 10.0. The number of hydrogen-bond donors (Lipinski definition) is 6. The number of phenolic OH excluding ortho intramolecular Hbond substituents is 2. The maximum atomic E-state index is 12.9. The van der Waals surface area contributed by atoms with Crippen LogP contribution in [0.3, 0.4) is 0 Å². The van der Waals surface area contributed by atoms with Gasteiger partial charge in [-0.1, -0.05) is 65.5 Å². The standard InChI is InChI=1S/C32H50N2O9.C22H34N2O7/c1-7-10-15-28(36)41-25-18-17-23(22-26(25)42-29(37)16-11-8-2)21-24(30(38)40-20-12-9-3)34-27(35)14-13-19-33-31(39)43-32(4,5)6;1-5-6-12-30-20(28)16(13-15-9-10-17(25)18(26)14-15)24-19(27)8-7-11-23-21(29)31-22(2,3)4/h17-18,22,24H,7-16,19-21H2,1-6H3,(H,33,39)(H,34,35);9-10,14,16,25-26H,5-8,11-13H2,1-4H3,(H,23,29)(H,24,27). The lowest BCUT2D eigenvalue weighted by molar-refractivity contribution is -0.148. The summed E-state index contributed by atoms with van der Waals surface area (Å²) in [4.78, 5) is 98.6. The van der Waals surface area contributed by atoms with E-state index in [2.05, 4.69) is 21.3 Å². The van der Waals surface area contributed by atoms with Crippen LogP contribution in [0.2, 0.25) is 0 Å². The molecule has 74 heavy (non-hydrogen) atoms. The third kappa shape index (κ3) is 31.1. The Balaban J connectivity index is 0.000000780. The van der Waals surface area contributed by atoms with Gasteiger partial charge in [0, 0.05) is 51.6 Å². The van der Waals surface area contributed by atoms with Crippen LogP contribution in [0.4, 0.5) is 9.59 Å². The molecule has 2 atom stereocenters. The van der Waals surface area contributed by atoms with Gasteiger partial charge < -0.3 is 59.9 Å². The van der Waals surface area contributed by atoms with Crippen molar-refractivity contribution >= 4 is 47.9 Å². The average molecular weight is 1050 g/mol. The van der Waals surface area contributed by atoms with E-state index in [4.69, 9.17) is 28.4 Å². The second-order valence-electron chi connectivity index (χ2n) is 19.5. The minimum Gasteiger partial charge on any atom is -0.504 e. The van der Waals surface area contributed by atoms with Gasteiger partial charge in [0.25, 0.3) is 0 Å². The molecule has 0 radical (unpaired) electrons. The van der Waals surface area contributed by atoms with Crippen LogP contribution in [-0.2, 0) is 60.6 Å². The number of rotatable bonds is 30. The molecule has 0 heterocycles. The lowest BCUT2D eigenvalue weighted by Crippen LogP contribution is -2.43. The molecule has 0 saturated heterocycles. The first kappa shape index (κ1) is 65.4. The van der Waals surface area contributed by atoms with E-state index in [9.17, 15) is 48.6 Å². The Morgan fingerprint density at radius 3 is 1.31 bits per heavy atom. The number of carbonyl (C=O) groups excluding carboxylic acids is 8. The Labute approximate surface area is 437 Å². The molecular formula is C54H84N4O16. The predicted molar refractivity (Wildman–Crippen MR) is 276 cm³/mol. The summed E-state index contributed by atoms with van der Waals surface area (Å²) in [7, 11) is 0. The SMILES string of the molecule is CCCCOC(=O)C(Cc1ccc(O)c(O)c1)NC(=O)CCCNC(=O)OC(C)(C)C.CCCCOC(=O)C(Cc1ccc(OC(=O)CCCC)c(OC(=O)CCCC)c1)NC(=O)CCCNC(=O)OC(C)(C)C. The second kappa shape index (κ2) is 35.5. The van der Waals surface area contributed by atoms with Gasteiger partial charge in [0.15, 0.2) is 23.0 Å². The Morgan fingerprint density at radius 1 is 0.500 bits per heavy atom. The van der Waals surface area contributed by atoms with Gasteiger partial charge in [0.1, 0.15) is 23.3 Å². The van der Waals surface area contributed by atoms with Gasteiger partial charge in [-0.3, -0.25) is 19.2 Å². The third-order valence-electron chi connectivity index (χ3n) is 10.1. The maximum Gasteiger partial charge on any atom is 0.407 e. The van der Waals surface area contributed by atoms with Crippen molar-refractivity contribution in [3.63, 3.8) is 0 Å². The number of nitrogens with one attached hydrogen (secondary N) is 4. The topological polar surface area (TPSA) is 281 Å². The normalized spacial score (nSPS) is 11.8. The maximum absolute atomic E-state index is 12.9. The molecule has 2 aromatic carbocycles. The second-order valence-corrected chi connectivity index (χ2v) is 19.5. The van der Waals surface area contributed by atoms with Crippen molar-refractivity contribution in [3.8, 4) is 23.0 Å². The van der Waals surface area contributed by atoms with Crippen LogP contribution in [0.5, 0.6) is 23.0 Å². The molecule has 2 unspecified atom stereocenters. The highest BCUT2D eigenvalue weighted by Crippen LogP contribution is 2.31. The highest BCUT2D eigenvalue weighted by Gasteiger charge is 2.26. The van der Waals surface area contributed by atoms with E-state index >= 15 is 0 Å². The Kier molecular flexibility index (Phi) is 31.4. The van der Waals surface area contributed by atoms with Crippen LogP contribution in [0.1, 0.15) is 170 Å². The molecule has 416 valence electrons. The zero-order chi connectivity index (χ0) is 55.7. The molecule has 20 heteroatoms. The smallest absolute Gasteiger partial charge is 0.407 e. The molecule has 0 spiro atoms. The van der Waals surface area contributed by atoms with Crippen LogP contribution in [0.25, 0.3) is 0 Å². The zero-order valence-corrected chi connectivity index (χ0v) is 45.4. The highest BCUT2D eigenvalue weighted by atomic mass is 16.6. The van der Waals surface area contributed by atoms with Crippen LogP contribution < -0.4 is 30.7 Å². The molecule has 20 nitrogen and oxygen atoms in total. The summed E-state index contributed by atoms with van der Waals surface area (Å²) >= 11 is 0. The van der Waals surface area contributed by atoms with E-state index in [-0.39, 0.29) is 93.7 Å². The van der Waals surface area contributed by atoms with Crippen molar-refractivity contribution < 1.29 is 77.0 Å². The first-order chi connectivity index (χ1) is 34.9. The monoisotopic (exact) mass is 1040 g/mol. The Morgan fingerprint density at radius 2 is 0.905 bits per heavy atom. The molecular weight excluding hydrogens is 961 g/mol. The fourth-order valence-electron chi connectivity index (χ4n) is 6.26. The number of aromatic hydroxyl groups is 2. The number of hydrogen-bond acceptors (Lipinski definition) is 16. The summed E-state index contributed by atoms with van der Waals surface area (Å²) in [5.74, 6) is -3.23. The summed E-state index contributed by atoms with van der Waals surface area (Å²) in [5, 5.41) is 29.7. The van der Waals surface area contributed by atoms with Crippen molar-refractivity contribution in [1.29, 1.82) is 0 Å². The molecule has 0 saturated carbocycles. The van der Waals surface area contributed by atoms with Gasteiger partial charge in [-0.05, 0) is 115 Å². The van der Waals surface area contributed by atoms with E-state index in [1.807, 2.05) is 27.7 Å². The van der Waals surface area contributed by atoms with Crippen molar-refractivity contribution in [3.05, 3.63) is 47.5 Å². The zero-order valence-electron chi connectivity index (χ0n) is 45.4. The first-order valence-corrected chi connectivity index (χ1v) is 25.8. The number of esters is 4. The summed E-state index contributed by atoms with van der Waals surface area (Å²) in [5.41, 5.74) is -0.110. The number of unbranched alkanes of at least 4 members (excludes halogenated alkanes) is 4. The van der Waals surface area contributed by atoms with Crippen LogP contribution in [0, 0.1) is 0 Å². The molecule has 2 aromatic rings. The summed E-state index contributed by atoms with van der Waals surface area (Å²) < 4.78 is 32.0. The van der Waals surface area contributed by atoms with Crippen LogP contribution in [0.15, 0.2) is 36.4 Å². The van der Waals surface area contributed by atoms with E-state index < -0.39 is 65.3 Å². The predicted octanol–water partition coefficient (Wildman–Crippen LogP) is 8.33. The number of benzene rings is 2. The van der Waals surface area contributed by atoms with Gasteiger partial charge in [0.2, 0.25) is 11.8 Å². The van der Waals surface area contributed by atoms with Crippen molar-refractivity contribution in [2.45, 2.75) is 195 Å². The van der Waals surface area contributed by atoms with Crippen LogP contribution >= 0.6 is 0 Å². The van der Waals surface area contributed by atoms with E-state index in [1.165, 1.54) is 24.3 Å². The van der Waals surface area contributed by atoms with E-state index in [0.717, 1.165) is 25.7 Å². The van der Waals surface area contributed by atoms with Crippen molar-refractivity contribution in [2.75, 3.05) is 26.3 Å². The fourth-order valence-corrected chi connectivity index (χ4v) is 6.26. The molecule has 0 fully saturated rings. The van der Waals surface area contributed by atoms with Gasteiger partial charge in [0.05, 0.1) is 13.2 Å². The Hall–Kier alpha value is -6.60. The quantitative estimate of drug-likeness (QED) is 0.0141. The molecule has 4 amide bonds. The molecule has 0 aromatic heterocycles. The molecule has 0 aliphatic heterocycles. The molecule has 2 rings (SSSR count). The van der Waals surface area contributed by atoms with E-state index in [1.54, 1.807) is 53.7 Å². The number of phenols is 2. The van der Waals surface area contributed by atoms with Gasteiger partial charge in [-0.2, -0.15) is 0 Å². The molecule has 0 aliphatic carbocycles. The number of amides is 4. The van der Waals surface area contributed by atoms with Gasteiger partial charge in [-0.15, -0.1) is 0 Å². The van der Waals surface area contributed by atoms with Gasteiger partial charge >= 0.3 is 36.1 Å². The summed E-state index contributed by atoms with van der Waals surface area (Å²) in [6.45, 7) is 19.3. The number of carbonyl (C=O) groups is 8. The lowest BCUT2D eigenvalue weighted by Gasteiger charge is -2.20. The number of alkyl carbamates (subject to hydrolysis) is 2. The molecule has 0 aliphatic rings. The number of ether oxygens (including phenoxy) is 6. The van der Waals surface area contributed by atoms with Crippen molar-refractivity contribution in [1.82, 2.24) is 21.3 Å². The molecule has 0 bridgehead atoms. The third-order valence-corrected chi connectivity index (χ3v) is 10.1. The van der Waals surface area contributed by atoms with E-state index in [0.29, 0.717) is 49.7 Å². The Bertz CT molecular complexity index is 2080. The summed E-state index contributed by atoms with van der Waals surface area (Å²) in [6, 6.07) is 6.96. The van der Waals surface area contributed by atoms with Crippen LogP contribution in [-0.4, -0.2) is 108 Å². The minimum absolute atomic E-state index is 0.0520. The summed E-state index contributed by atoms with van der Waals surface area (Å²) in [6.07, 6.45) is 6.34. The highest BCUT2D eigenvalue weighted by molar-refractivity contribution is 5.85. The minimum atomic E-state index is -1.01. The van der Waals surface area contributed by atoms with Gasteiger partial charge in [-0.25, -0.2) is 19.2 Å². The van der Waals surface area contributed by atoms with Crippen molar-refractivity contribution in [2.24, 2.45) is 0 Å². The first-order valence-electron chi connectivity index (χ1n) is 25.8. The average Bonchev–Trinajstić information content (AvgIpc) is 3.31. The largest absolute Gasteiger partial charge is 0.504 e.